The molecular weight excluding hydrogens is 260 g/mol. The molecule has 0 aromatic heterocycles. The van der Waals surface area contributed by atoms with E-state index in [0.29, 0.717) is 16.6 Å². The van der Waals surface area contributed by atoms with E-state index in [1.54, 1.807) is 0 Å². The summed E-state index contributed by atoms with van der Waals surface area (Å²) in [4.78, 5) is 0. The van der Waals surface area contributed by atoms with Crippen LogP contribution in [-0.4, -0.2) is 17.3 Å². The van der Waals surface area contributed by atoms with E-state index < -0.39 is 0 Å². The molecule has 4 N–H and O–H groups in total. The highest BCUT2D eigenvalue weighted by atomic mass is 35.5. The van der Waals surface area contributed by atoms with Gasteiger partial charge in [0, 0.05) is 5.69 Å². The Balaban J connectivity index is 2.25. The fraction of sp³-hybridized carbons (Fsp3) is 0.600. The van der Waals surface area contributed by atoms with Gasteiger partial charge in [0.15, 0.2) is 0 Å². The summed E-state index contributed by atoms with van der Waals surface area (Å²) in [5, 5.41) is 13.9. The summed E-state index contributed by atoms with van der Waals surface area (Å²) in [5.41, 5.74) is 8.22. The van der Waals surface area contributed by atoms with Gasteiger partial charge in [0.1, 0.15) is 0 Å². The van der Waals surface area contributed by atoms with Gasteiger partial charge in [-0.1, -0.05) is 31.4 Å². The summed E-state index contributed by atoms with van der Waals surface area (Å²) in [6.07, 6.45) is 4.38. The molecule has 2 unspecified atom stereocenters. The zero-order chi connectivity index (χ0) is 14.0. The van der Waals surface area contributed by atoms with E-state index in [0.717, 1.165) is 30.5 Å². The van der Waals surface area contributed by atoms with Crippen LogP contribution in [0.5, 0.6) is 0 Å². The highest BCUT2D eigenvalue weighted by Crippen LogP contribution is 2.36. The van der Waals surface area contributed by atoms with Crippen LogP contribution in [0, 0.1) is 12.8 Å². The minimum absolute atomic E-state index is 0.152. The molecule has 0 bridgehead atoms. The minimum Gasteiger partial charge on any atom is -0.398 e. The number of halogens is 1. The molecule has 0 amide bonds. The molecule has 1 aliphatic carbocycles. The maximum atomic E-state index is 9.82. The van der Waals surface area contributed by atoms with E-state index in [9.17, 15) is 5.11 Å². The van der Waals surface area contributed by atoms with Crippen molar-refractivity contribution < 1.29 is 5.11 Å². The monoisotopic (exact) mass is 282 g/mol. The van der Waals surface area contributed by atoms with Crippen LogP contribution in [-0.2, 0) is 0 Å². The first-order valence-electron chi connectivity index (χ1n) is 6.90. The predicted molar refractivity (Wildman–Crippen MR) is 81.7 cm³/mol. The molecule has 2 rings (SSSR count). The van der Waals surface area contributed by atoms with Gasteiger partial charge in [0.25, 0.3) is 0 Å². The molecular formula is C15H23ClN2O. The van der Waals surface area contributed by atoms with E-state index >= 15 is 0 Å². The fourth-order valence-corrected chi connectivity index (χ4v) is 3.24. The average molecular weight is 283 g/mol. The number of nitrogens with two attached hydrogens (primary N) is 1. The molecule has 1 aromatic carbocycles. The standard InChI is InChI=1S/C15H23ClN2O/c1-10-4-3-5-15(8-10,9-19)18-14-7-12(16)13(17)6-11(14)2/h6-7,10,18-19H,3-5,8-9,17H2,1-2H3. The van der Waals surface area contributed by atoms with Crippen LogP contribution >= 0.6 is 11.6 Å². The average Bonchev–Trinajstić information content (AvgIpc) is 2.36. The van der Waals surface area contributed by atoms with Gasteiger partial charge in [-0.05, 0) is 43.4 Å². The number of aliphatic hydroxyl groups excluding tert-OH is 1. The molecule has 0 spiro atoms. The quantitative estimate of drug-likeness (QED) is 0.743. The summed E-state index contributed by atoms with van der Waals surface area (Å²) in [6, 6.07) is 3.74. The molecule has 0 aliphatic heterocycles. The molecule has 2 atom stereocenters. The van der Waals surface area contributed by atoms with Crippen molar-refractivity contribution in [3.8, 4) is 0 Å². The largest absolute Gasteiger partial charge is 0.398 e. The maximum absolute atomic E-state index is 9.82. The van der Waals surface area contributed by atoms with E-state index in [2.05, 4.69) is 12.2 Å². The number of hydrogen-bond acceptors (Lipinski definition) is 3. The van der Waals surface area contributed by atoms with Gasteiger partial charge in [0.05, 0.1) is 22.9 Å². The first-order valence-corrected chi connectivity index (χ1v) is 7.28. The minimum atomic E-state index is -0.220. The van der Waals surface area contributed by atoms with Gasteiger partial charge in [-0.2, -0.15) is 0 Å². The smallest absolute Gasteiger partial charge is 0.0661 e. The summed E-state index contributed by atoms with van der Waals surface area (Å²) in [7, 11) is 0. The first-order chi connectivity index (χ1) is 8.96. The number of rotatable bonds is 3. The van der Waals surface area contributed by atoms with Crippen molar-refractivity contribution in [1.29, 1.82) is 0 Å². The molecule has 106 valence electrons. The number of nitrogen functional groups attached to an aromatic ring is 1. The number of aryl methyl sites for hydroxylation is 1. The Morgan fingerprint density at radius 3 is 2.89 bits per heavy atom. The van der Waals surface area contributed by atoms with Gasteiger partial charge in [-0.3, -0.25) is 0 Å². The second-order valence-electron chi connectivity index (χ2n) is 5.95. The lowest BCUT2D eigenvalue weighted by Gasteiger charge is -2.40. The molecule has 1 aromatic rings. The number of benzene rings is 1. The van der Waals surface area contributed by atoms with Gasteiger partial charge < -0.3 is 16.2 Å². The number of nitrogens with one attached hydrogen (secondary N) is 1. The molecule has 1 aliphatic rings. The van der Waals surface area contributed by atoms with Gasteiger partial charge >= 0.3 is 0 Å². The number of aliphatic hydroxyl groups is 1. The van der Waals surface area contributed by atoms with Crippen LogP contribution in [0.15, 0.2) is 12.1 Å². The zero-order valence-corrected chi connectivity index (χ0v) is 12.4. The van der Waals surface area contributed by atoms with Crippen molar-refractivity contribution in [2.45, 2.75) is 45.1 Å². The van der Waals surface area contributed by atoms with Crippen LogP contribution in [0.4, 0.5) is 11.4 Å². The SMILES string of the molecule is Cc1cc(N)c(Cl)cc1NC1(CO)CCCC(C)C1. The number of hydrogen-bond donors (Lipinski definition) is 3. The van der Waals surface area contributed by atoms with Crippen molar-refractivity contribution in [2.75, 3.05) is 17.7 Å². The Bertz CT molecular complexity index is 464. The van der Waals surface area contributed by atoms with E-state index in [1.807, 2.05) is 19.1 Å². The lowest BCUT2D eigenvalue weighted by molar-refractivity contribution is 0.149. The molecule has 0 heterocycles. The van der Waals surface area contributed by atoms with E-state index in [1.165, 1.54) is 6.42 Å². The van der Waals surface area contributed by atoms with E-state index in [-0.39, 0.29) is 12.1 Å². The lowest BCUT2D eigenvalue weighted by atomic mass is 9.76. The summed E-state index contributed by atoms with van der Waals surface area (Å²) in [6.45, 7) is 4.40. The van der Waals surface area contributed by atoms with Crippen molar-refractivity contribution in [2.24, 2.45) is 5.92 Å². The second-order valence-corrected chi connectivity index (χ2v) is 6.36. The molecule has 0 saturated heterocycles. The Kier molecular flexibility index (Phi) is 4.26. The Morgan fingerprint density at radius 1 is 1.53 bits per heavy atom. The summed E-state index contributed by atoms with van der Waals surface area (Å²) in [5.74, 6) is 0.637. The topological polar surface area (TPSA) is 58.3 Å². The normalized spacial score (nSPS) is 27.3. The summed E-state index contributed by atoms with van der Waals surface area (Å²) >= 11 is 6.09. The van der Waals surface area contributed by atoms with Gasteiger partial charge in [0.2, 0.25) is 0 Å². The first kappa shape index (κ1) is 14.5. The highest BCUT2D eigenvalue weighted by molar-refractivity contribution is 6.33. The van der Waals surface area contributed by atoms with Crippen LogP contribution < -0.4 is 11.1 Å². The molecule has 19 heavy (non-hydrogen) atoms. The van der Waals surface area contributed by atoms with E-state index in [4.69, 9.17) is 17.3 Å². The highest BCUT2D eigenvalue weighted by Gasteiger charge is 2.34. The molecule has 1 saturated carbocycles. The molecule has 0 radical (unpaired) electrons. The summed E-state index contributed by atoms with van der Waals surface area (Å²) < 4.78 is 0. The molecule has 3 nitrogen and oxygen atoms in total. The predicted octanol–water partition coefficient (Wildman–Crippen LogP) is 3.58. The lowest BCUT2D eigenvalue weighted by Crippen LogP contribution is -2.46. The number of anilines is 2. The molecule has 1 fully saturated rings. The van der Waals surface area contributed by atoms with Crippen LogP contribution in [0.1, 0.15) is 38.2 Å². The zero-order valence-electron chi connectivity index (χ0n) is 11.7. The second kappa shape index (κ2) is 5.59. The Labute approximate surface area is 120 Å². The maximum Gasteiger partial charge on any atom is 0.0661 e. The third-order valence-electron chi connectivity index (χ3n) is 4.14. The Hall–Kier alpha value is -0.930. The third kappa shape index (κ3) is 3.15. The van der Waals surface area contributed by atoms with Crippen molar-refractivity contribution in [3.05, 3.63) is 22.7 Å². The van der Waals surface area contributed by atoms with Crippen LogP contribution in [0.2, 0.25) is 5.02 Å². The fourth-order valence-electron chi connectivity index (χ4n) is 3.08. The van der Waals surface area contributed by atoms with Gasteiger partial charge in [-0.15, -0.1) is 0 Å². The van der Waals surface area contributed by atoms with Crippen LogP contribution in [0.3, 0.4) is 0 Å². The van der Waals surface area contributed by atoms with Gasteiger partial charge in [-0.25, -0.2) is 0 Å². The third-order valence-corrected chi connectivity index (χ3v) is 4.46. The van der Waals surface area contributed by atoms with Crippen molar-refractivity contribution in [1.82, 2.24) is 0 Å². The van der Waals surface area contributed by atoms with Crippen molar-refractivity contribution >= 4 is 23.0 Å². The Morgan fingerprint density at radius 2 is 2.26 bits per heavy atom. The van der Waals surface area contributed by atoms with Crippen molar-refractivity contribution in [3.63, 3.8) is 0 Å². The molecule has 4 heteroatoms. The van der Waals surface area contributed by atoms with Crippen LogP contribution in [0.25, 0.3) is 0 Å².